The van der Waals surface area contributed by atoms with Crippen LogP contribution >= 0.6 is 24.8 Å². The van der Waals surface area contributed by atoms with Crippen LogP contribution in [0.5, 0.6) is 0 Å². The molecule has 0 unspecified atom stereocenters. The molecule has 2 aliphatic carbocycles. The van der Waals surface area contributed by atoms with Crippen LogP contribution in [0.1, 0.15) is 17.5 Å². The van der Waals surface area contributed by atoms with Crippen LogP contribution in [0.25, 0.3) is 54.2 Å². The van der Waals surface area contributed by atoms with Crippen LogP contribution in [-0.4, -0.2) is 4.26 Å². The fraction of sp³-hybridized carbons (Fsp3) is 0.0426. The second-order valence-electron chi connectivity index (χ2n) is 13.8. The summed E-state index contributed by atoms with van der Waals surface area (Å²) in [7, 11) is 0. The molecule has 50 heavy (non-hydrogen) atoms. The molecule has 242 valence electrons. The average Bonchev–Trinajstić information content (AvgIpc) is 3.84. The third-order valence-electron chi connectivity index (χ3n) is 11.7. The quantitative estimate of drug-likeness (QED) is 0.122. The van der Waals surface area contributed by atoms with E-state index >= 15 is 0 Å². The Morgan fingerprint density at radius 2 is 1.00 bits per heavy atom. The molecule has 0 nitrogen and oxygen atoms in total. The molecule has 0 atom stereocenters. The summed E-state index contributed by atoms with van der Waals surface area (Å²) in [5.74, 6) is 0. The van der Waals surface area contributed by atoms with Gasteiger partial charge in [-0.15, -0.1) is 24.8 Å². The standard InChI is InChI=1S/C21H13.2C10H7.C5H5.CH2.2ClH.Hf/c1-2-8-15-14(7-1)13-20-18-11-4-3-9-16(18)17-10-5-6-12-19(17)21(15)20;2*1-2-6-10-8-4-3-7-9(10)5-1;1-2-4-5-3-1;;;;/h1-10,12H,13H2;2*1-7H;1-3H,4H2;1H2;2*1H;. The van der Waals surface area contributed by atoms with E-state index in [1.165, 1.54) is 78.6 Å². The van der Waals surface area contributed by atoms with Crippen molar-refractivity contribution in [1.82, 2.24) is 0 Å². The maximum absolute atomic E-state index is 5.91. The van der Waals surface area contributed by atoms with Gasteiger partial charge in [0.2, 0.25) is 0 Å². The van der Waals surface area contributed by atoms with Crippen molar-refractivity contribution in [3.8, 4) is 11.1 Å². The van der Waals surface area contributed by atoms with Gasteiger partial charge in [-0.2, -0.15) is 0 Å². The Kier molecular flexibility index (Phi) is 7.95. The van der Waals surface area contributed by atoms with E-state index in [-0.39, 0.29) is 24.8 Å². The van der Waals surface area contributed by atoms with E-state index in [0.29, 0.717) is 0 Å². The maximum atomic E-state index is 5.91. The predicted octanol–water partition coefficient (Wildman–Crippen LogP) is 11.0. The van der Waals surface area contributed by atoms with Gasteiger partial charge in [0, 0.05) is 0 Å². The summed E-state index contributed by atoms with van der Waals surface area (Å²) in [6, 6.07) is 57.3. The Morgan fingerprint density at radius 1 is 0.480 bits per heavy atom. The molecule has 0 bridgehead atoms. The SMILES string of the molecule is Cl.Cl.[CH2]=[Hf]([C]1=CC=CC1)([c]1cccc2ccccc12)([c]1cccc2ccccc12)[c]1cccc2c1c1c(c3ccccc32)-c2ccccc2C1. The Balaban J connectivity index is 0.00000180. The Bertz CT molecular complexity index is 2710. The van der Waals surface area contributed by atoms with Crippen molar-refractivity contribution in [3.05, 3.63) is 184 Å². The average molecular weight is 850 g/mol. The van der Waals surface area contributed by atoms with Crippen molar-refractivity contribution in [3.63, 3.8) is 0 Å². The summed E-state index contributed by atoms with van der Waals surface area (Å²) >= 11 is -5.33. The van der Waals surface area contributed by atoms with E-state index in [9.17, 15) is 0 Å². The molecule has 0 N–H and O–H groups in total. The molecular weight excluding hydrogens is 814 g/mol. The van der Waals surface area contributed by atoms with Crippen molar-refractivity contribution in [2.24, 2.45) is 0 Å². The second kappa shape index (κ2) is 12.1. The van der Waals surface area contributed by atoms with Gasteiger partial charge in [-0.1, -0.05) is 0 Å². The summed E-state index contributed by atoms with van der Waals surface area (Å²) in [6.45, 7) is 0. The van der Waals surface area contributed by atoms with Crippen LogP contribution in [0.4, 0.5) is 0 Å². The first kappa shape index (κ1) is 32.8. The van der Waals surface area contributed by atoms with Gasteiger partial charge in [-0.3, -0.25) is 0 Å². The Morgan fingerprint density at radius 3 is 1.66 bits per heavy atom. The molecule has 0 heterocycles. The van der Waals surface area contributed by atoms with Gasteiger partial charge >= 0.3 is 284 Å². The van der Waals surface area contributed by atoms with Crippen molar-refractivity contribution in [1.29, 1.82) is 0 Å². The topological polar surface area (TPSA) is 0 Å². The molecule has 0 aromatic heterocycles. The van der Waals surface area contributed by atoms with Gasteiger partial charge in [-0.05, 0) is 0 Å². The zero-order valence-corrected chi connectivity index (χ0v) is 32.8. The zero-order valence-electron chi connectivity index (χ0n) is 27.6. The monoisotopic (exact) mass is 850 g/mol. The molecular formula is C47H36Cl2Hf. The van der Waals surface area contributed by atoms with Gasteiger partial charge in [0.25, 0.3) is 0 Å². The first-order valence-corrected chi connectivity index (χ1v) is 26.8. The van der Waals surface area contributed by atoms with E-state index in [4.69, 9.17) is 4.26 Å². The third-order valence-corrected chi connectivity index (χ3v) is 35.5. The number of hydrogen-bond acceptors (Lipinski definition) is 0. The van der Waals surface area contributed by atoms with E-state index in [2.05, 4.69) is 170 Å². The molecule has 3 heteroatoms. The van der Waals surface area contributed by atoms with Crippen molar-refractivity contribution >= 4 is 82.1 Å². The molecule has 0 radical (unpaired) electrons. The Hall–Kier alpha value is -4.40. The molecule has 0 saturated heterocycles. The zero-order chi connectivity index (χ0) is 31.9. The molecule has 10 rings (SSSR count). The van der Waals surface area contributed by atoms with Gasteiger partial charge in [-0.25, -0.2) is 0 Å². The molecule has 8 aromatic rings. The van der Waals surface area contributed by atoms with E-state index in [1.807, 2.05) is 0 Å². The van der Waals surface area contributed by atoms with Gasteiger partial charge < -0.3 is 0 Å². The first-order chi connectivity index (χ1) is 23.7. The minimum absolute atomic E-state index is 0. The van der Waals surface area contributed by atoms with E-state index < -0.39 is 18.0 Å². The Labute approximate surface area is 306 Å². The molecule has 8 aromatic carbocycles. The molecule has 0 spiro atoms. The molecule has 0 amide bonds. The summed E-state index contributed by atoms with van der Waals surface area (Å²) in [5.41, 5.74) is 5.65. The summed E-state index contributed by atoms with van der Waals surface area (Å²) in [5, 5.41) is 10.6. The summed E-state index contributed by atoms with van der Waals surface area (Å²) in [6.07, 6.45) is 8.93. The first-order valence-electron chi connectivity index (χ1n) is 17.1. The van der Waals surface area contributed by atoms with Crippen LogP contribution in [0.2, 0.25) is 0 Å². The minimum atomic E-state index is -5.33. The van der Waals surface area contributed by atoms with Crippen molar-refractivity contribution in [2.75, 3.05) is 0 Å². The third kappa shape index (κ3) is 4.24. The summed E-state index contributed by atoms with van der Waals surface area (Å²) in [4.78, 5) is 0. The van der Waals surface area contributed by atoms with Gasteiger partial charge in [0.1, 0.15) is 0 Å². The van der Waals surface area contributed by atoms with E-state index in [1.54, 1.807) is 0 Å². The van der Waals surface area contributed by atoms with Gasteiger partial charge in [0.15, 0.2) is 0 Å². The normalized spacial score (nSPS) is 13.6. The van der Waals surface area contributed by atoms with Crippen LogP contribution in [0.15, 0.2) is 173 Å². The van der Waals surface area contributed by atoms with Crippen molar-refractivity contribution in [2.45, 2.75) is 12.8 Å². The van der Waals surface area contributed by atoms with Gasteiger partial charge in [0.05, 0.1) is 0 Å². The van der Waals surface area contributed by atoms with Crippen LogP contribution in [0, 0.1) is 0 Å². The van der Waals surface area contributed by atoms with Crippen LogP contribution < -0.4 is 9.96 Å². The molecule has 0 fully saturated rings. The number of halogens is 2. The number of allylic oxidation sites excluding steroid dienone is 4. The van der Waals surface area contributed by atoms with Crippen LogP contribution in [-0.2, 0) is 24.4 Å². The number of benzene rings is 8. The molecule has 0 saturated carbocycles. The molecule has 2 aliphatic rings. The van der Waals surface area contributed by atoms with Crippen LogP contribution in [0.3, 0.4) is 0 Å². The molecule has 0 aliphatic heterocycles. The second-order valence-corrected chi connectivity index (χ2v) is 32.4. The summed E-state index contributed by atoms with van der Waals surface area (Å²) < 4.78 is 11.7. The number of fused-ring (bicyclic) bond motifs is 10. The number of hydrogen-bond donors (Lipinski definition) is 0. The van der Waals surface area contributed by atoms with Crippen molar-refractivity contribution < 1.29 is 18.0 Å². The fourth-order valence-electron chi connectivity index (χ4n) is 9.60. The fourth-order valence-corrected chi connectivity index (χ4v) is 34.1. The van der Waals surface area contributed by atoms with E-state index in [0.717, 1.165) is 12.8 Å². The number of rotatable bonds is 4. The predicted molar refractivity (Wildman–Crippen MR) is 220 cm³/mol.